The van der Waals surface area contributed by atoms with Crippen molar-refractivity contribution in [3.8, 4) is 17.6 Å². The van der Waals surface area contributed by atoms with Crippen molar-refractivity contribution in [3.63, 3.8) is 0 Å². The number of nitrogens with one attached hydrogen (secondary N) is 3. The minimum Gasteiger partial charge on any atom is -0.489 e. The van der Waals surface area contributed by atoms with E-state index in [1.807, 2.05) is 38.1 Å². The third-order valence-electron chi connectivity index (χ3n) is 4.95. The summed E-state index contributed by atoms with van der Waals surface area (Å²) in [5, 5.41) is 30.0. The summed E-state index contributed by atoms with van der Waals surface area (Å²) in [4.78, 5) is 11.1. The Morgan fingerprint density at radius 2 is 1.97 bits per heavy atom. The van der Waals surface area contributed by atoms with E-state index in [2.05, 4.69) is 27.2 Å². The Balaban J connectivity index is 1.40. The Bertz CT molecular complexity index is 1010. The molecule has 1 amide bonds. The molecule has 0 radical (unpaired) electrons. The van der Waals surface area contributed by atoms with Gasteiger partial charge in [-0.2, -0.15) is 5.26 Å². The number of aliphatic hydroxyl groups excluding tert-OH is 1. The normalized spacial score (nSPS) is 14.5. The van der Waals surface area contributed by atoms with Crippen LogP contribution < -0.4 is 25.5 Å². The van der Waals surface area contributed by atoms with Gasteiger partial charge in [-0.05, 0) is 50.2 Å². The van der Waals surface area contributed by atoms with Crippen LogP contribution in [0.1, 0.15) is 32.3 Å². The maximum Gasteiger partial charge on any atom is 0.240 e. The molecule has 1 aliphatic heterocycles. The predicted octanol–water partition coefficient (Wildman–Crippen LogP) is 2.38. The first-order valence-corrected chi connectivity index (χ1v) is 10.8. The van der Waals surface area contributed by atoms with Crippen LogP contribution in [0.25, 0.3) is 0 Å². The molecule has 1 heterocycles. The number of ether oxygens (including phenoxy) is 2. The monoisotopic (exact) mass is 451 g/mol. The van der Waals surface area contributed by atoms with Crippen molar-refractivity contribution in [1.82, 2.24) is 10.7 Å². The molecular weight excluding hydrogens is 422 g/mol. The van der Waals surface area contributed by atoms with Crippen LogP contribution in [0.2, 0.25) is 0 Å². The summed E-state index contributed by atoms with van der Waals surface area (Å²) in [5.41, 5.74) is 3.48. The lowest BCUT2D eigenvalue weighted by Crippen LogP contribution is -2.49. The summed E-state index contributed by atoms with van der Waals surface area (Å²) in [6, 6.07) is 16.5. The van der Waals surface area contributed by atoms with Gasteiger partial charge in [0.2, 0.25) is 11.8 Å². The molecular formula is C24H29N5O4. The maximum atomic E-state index is 11.1. The lowest BCUT2D eigenvalue weighted by molar-refractivity contribution is -0.121. The summed E-state index contributed by atoms with van der Waals surface area (Å²) >= 11 is 0. The number of hydrazone groups is 1. The van der Waals surface area contributed by atoms with E-state index in [1.54, 1.807) is 24.3 Å². The summed E-state index contributed by atoms with van der Waals surface area (Å²) in [6.07, 6.45) is 0.127. The first-order valence-electron chi connectivity index (χ1n) is 10.8. The van der Waals surface area contributed by atoms with Gasteiger partial charge in [-0.3, -0.25) is 4.79 Å². The van der Waals surface area contributed by atoms with Gasteiger partial charge in [-0.25, -0.2) is 5.43 Å². The Kier molecular flexibility index (Phi) is 8.24. The molecule has 1 atom stereocenters. The molecule has 0 aliphatic carbocycles. The topological polar surface area (TPSA) is 128 Å². The highest BCUT2D eigenvalue weighted by Gasteiger charge is 2.19. The van der Waals surface area contributed by atoms with E-state index in [-0.39, 0.29) is 18.1 Å². The van der Waals surface area contributed by atoms with E-state index >= 15 is 0 Å². The second-order valence-electron chi connectivity index (χ2n) is 8.36. The van der Waals surface area contributed by atoms with Gasteiger partial charge >= 0.3 is 0 Å². The number of rotatable bonds is 10. The maximum absolute atomic E-state index is 11.1. The molecule has 33 heavy (non-hydrogen) atoms. The molecule has 1 unspecified atom stereocenters. The van der Waals surface area contributed by atoms with E-state index < -0.39 is 6.10 Å². The number of nitrogens with zero attached hydrogens (tertiary/aromatic N) is 2. The highest BCUT2D eigenvalue weighted by Crippen LogP contribution is 2.19. The number of carbonyl (C=O) groups is 1. The molecule has 0 aromatic heterocycles. The molecule has 2 aromatic carbocycles. The number of para-hydroxylation sites is 1. The largest absolute Gasteiger partial charge is 0.489 e. The van der Waals surface area contributed by atoms with Gasteiger partial charge in [-0.15, -0.1) is 5.10 Å². The van der Waals surface area contributed by atoms with Crippen molar-refractivity contribution >= 4 is 17.5 Å². The molecule has 0 saturated heterocycles. The molecule has 0 spiro atoms. The van der Waals surface area contributed by atoms with Gasteiger partial charge < -0.3 is 25.2 Å². The minimum absolute atomic E-state index is 0.0889. The number of hydrogen-bond acceptors (Lipinski definition) is 8. The number of benzene rings is 2. The van der Waals surface area contributed by atoms with Crippen molar-refractivity contribution in [2.75, 3.05) is 25.0 Å². The molecule has 3 rings (SSSR count). The zero-order chi connectivity index (χ0) is 23.7. The van der Waals surface area contributed by atoms with Crippen LogP contribution in [0.4, 0.5) is 5.69 Å². The Morgan fingerprint density at radius 1 is 1.21 bits per heavy atom. The van der Waals surface area contributed by atoms with Crippen molar-refractivity contribution in [3.05, 3.63) is 54.1 Å². The highest BCUT2D eigenvalue weighted by atomic mass is 16.5. The highest BCUT2D eigenvalue weighted by molar-refractivity contribution is 5.89. The first kappa shape index (κ1) is 24.0. The van der Waals surface area contributed by atoms with Gasteiger partial charge in [0, 0.05) is 37.2 Å². The second-order valence-corrected chi connectivity index (χ2v) is 8.36. The molecule has 0 fully saturated rings. The van der Waals surface area contributed by atoms with Crippen LogP contribution in [0.5, 0.6) is 11.5 Å². The molecule has 2 aromatic rings. The lowest BCUT2D eigenvalue weighted by Gasteiger charge is -2.28. The van der Waals surface area contributed by atoms with Crippen molar-refractivity contribution < 1.29 is 19.4 Å². The summed E-state index contributed by atoms with van der Waals surface area (Å²) < 4.78 is 11.3. The summed E-state index contributed by atoms with van der Waals surface area (Å²) in [6.45, 7) is 5.12. The SMILES string of the molecule is CC(C)(CNc1ccc(OC2=NNC(=O)CC2)cc1)NCC(O)COc1ccccc1C#N. The first-order chi connectivity index (χ1) is 15.8. The number of amides is 1. The summed E-state index contributed by atoms with van der Waals surface area (Å²) in [7, 11) is 0. The van der Waals surface area contributed by atoms with E-state index in [9.17, 15) is 9.90 Å². The molecule has 4 N–H and O–H groups in total. The molecule has 1 aliphatic rings. The minimum atomic E-state index is -0.722. The molecule has 9 heteroatoms. The molecule has 174 valence electrons. The van der Waals surface area contributed by atoms with Gasteiger partial charge in [0.05, 0.1) is 5.56 Å². The standard InChI is InChI=1S/C24H29N5O4/c1-24(2,27-14-19(30)15-32-21-6-4-3-5-17(21)13-25)16-26-18-7-9-20(10-8-18)33-23-12-11-22(31)28-29-23/h3-10,19,26-27,30H,11-12,14-16H2,1-2H3,(H,28,31). The van der Waals surface area contributed by atoms with Gasteiger partial charge in [-0.1, -0.05) is 12.1 Å². The van der Waals surface area contributed by atoms with Gasteiger partial charge in [0.25, 0.3) is 0 Å². The van der Waals surface area contributed by atoms with Crippen LogP contribution in [-0.2, 0) is 4.79 Å². The van der Waals surface area contributed by atoms with Crippen LogP contribution in [0.15, 0.2) is 53.6 Å². The average molecular weight is 452 g/mol. The van der Waals surface area contributed by atoms with Crippen molar-refractivity contribution in [2.24, 2.45) is 5.10 Å². The smallest absolute Gasteiger partial charge is 0.240 e. The zero-order valence-corrected chi connectivity index (χ0v) is 18.8. The summed E-state index contributed by atoms with van der Waals surface area (Å²) in [5.74, 6) is 1.49. The van der Waals surface area contributed by atoms with E-state index in [0.717, 1.165) is 5.69 Å². The molecule has 0 bridgehead atoms. The van der Waals surface area contributed by atoms with E-state index in [1.165, 1.54) is 0 Å². The fourth-order valence-corrected chi connectivity index (χ4v) is 3.02. The van der Waals surface area contributed by atoms with Crippen LogP contribution in [0, 0.1) is 11.3 Å². The second kappa shape index (κ2) is 11.3. The Hall–Kier alpha value is -3.61. The van der Waals surface area contributed by atoms with E-state index in [4.69, 9.17) is 14.7 Å². The van der Waals surface area contributed by atoms with Crippen molar-refractivity contribution in [2.45, 2.75) is 38.3 Å². The van der Waals surface area contributed by atoms with Crippen LogP contribution >= 0.6 is 0 Å². The Labute approximate surface area is 193 Å². The fraction of sp³-hybridized carbons (Fsp3) is 0.375. The number of β-amino-alcohol motifs (C(OH)–C–C–N with tert-alkyl or cyclic N) is 1. The number of nitriles is 1. The van der Waals surface area contributed by atoms with Crippen LogP contribution in [0.3, 0.4) is 0 Å². The average Bonchev–Trinajstić information content (AvgIpc) is 2.83. The zero-order valence-electron chi connectivity index (χ0n) is 18.8. The number of anilines is 1. The third kappa shape index (κ3) is 7.79. The Morgan fingerprint density at radius 3 is 2.67 bits per heavy atom. The number of carbonyl (C=O) groups excluding carboxylic acids is 1. The van der Waals surface area contributed by atoms with E-state index in [0.29, 0.717) is 48.9 Å². The number of hydrogen-bond donors (Lipinski definition) is 4. The third-order valence-corrected chi connectivity index (χ3v) is 4.95. The fourth-order valence-electron chi connectivity index (χ4n) is 3.02. The predicted molar refractivity (Wildman–Crippen MR) is 125 cm³/mol. The van der Waals surface area contributed by atoms with Crippen LogP contribution in [-0.4, -0.2) is 48.3 Å². The quantitative estimate of drug-likeness (QED) is 0.437. The van der Waals surface area contributed by atoms with Gasteiger partial charge in [0.15, 0.2) is 0 Å². The molecule has 9 nitrogen and oxygen atoms in total. The van der Waals surface area contributed by atoms with Gasteiger partial charge in [0.1, 0.15) is 30.3 Å². The lowest BCUT2D eigenvalue weighted by atomic mass is 10.1. The number of aliphatic hydroxyl groups is 1. The van der Waals surface area contributed by atoms with Crippen molar-refractivity contribution in [1.29, 1.82) is 5.26 Å². The molecule has 0 saturated carbocycles.